The van der Waals surface area contributed by atoms with Crippen LogP contribution in [0.4, 0.5) is 8.78 Å². The summed E-state index contributed by atoms with van der Waals surface area (Å²) < 4.78 is 33.5. The largest absolute Gasteiger partial charge is 0.421 e. The van der Waals surface area contributed by atoms with Gasteiger partial charge in [-0.1, -0.05) is 32.0 Å². The van der Waals surface area contributed by atoms with Gasteiger partial charge in [0, 0.05) is 17.4 Å². The van der Waals surface area contributed by atoms with E-state index in [0.29, 0.717) is 63.8 Å². The molecule has 3 heterocycles. The summed E-state index contributed by atoms with van der Waals surface area (Å²) in [7, 11) is 0. The number of nitrogens with two attached hydrogens (primary N) is 1. The van der Waals surface area contributed by atoms with Gasteiger partial charge < -0.3 is 15.5 Å². The van der Waals surface area contributed by atoms with Crippen molar-refractivity contribution in [1.82, 2.24) is 20.5 Å². The van der Waals surface area contributed by atoms with E-state index in [1.807, 2.05) is 13.8 Å². The topological polar surface area (TPSA) is 124 Å². The third-order valence-corrected chi connectivity index (χ3v) is 9.17. The zero-order chi connectivity index (χ0) is 32.5. The highest BCUT2D eigenvalue weighted by molar-refractivity contribution is 7.17. The van der Waals surface area contributed by atoms with Crippen molar-refractivity contribution in [2.24, 2.45) is 11.7 Å². The number of hydrogen-bond donors (Lipinski definition) is 2. The molecule has 2 amide bonds. The third-order valence-electron chi connectivity index (χ3n) is 8.07. The molecule has 236 valence electrons. The van der Waals surface area contributed by atoms with Gasteiger partial charge in [-0.3, -0.25) is 14.6 Å². The Morgan fingerprint density at radius 1 is 1.00 bits per heavy atom. The Kier molecular flexibility index (Phi) is 8.77. The number of rotatable bonds is 10. The van der Waals surface area contributed by atoms with E-state index in [9.17, 15) is 18.4 Å². The molecule has 0 saturated carbocycles. The Morgan fingerprint density at radius 3 is 2.46 bits per heavy atom. The molecule has 5 aromatic rings. The molecule has 2 aromatic carbocycles. The van der Waals surface area contributed by atoms with E-state index in [1.54, 1.807) is 37.3 Å². The molecule has 0 fully saturated rings. The number of nitrogens with one attached hydrogen (secondary N) is 1. The molecule has 0 unspecified atom stereocenters. The monoisotopic (exact) mass is 641 g/mol. The molecule has 1 aliphatic carbocycles. The molecule has 8 nitrogen and oxygen atoms in total. The second kappa shape index (κ2) is 12.9. The van der Waals surface area contributed by atoms with Crippen LogP contribution in [-0.4, -0.2) is 27.0 Å². The minimum Gasteiger partial charge on any atom is -0.421 e. The van der Waals surface area contributed by atoms with Crippen molar-refractivity contribution >= 4 is 23.2 Å². The molecule has 0 radical (unpaired) electrons. The van der Waals surface area contributed by atoms with Crippen LogP contribution in [0.5, 0.6) is 0 Å². The van der Waals surface area contributed by atoms with Crippen molar-refractivity contribution in [3.63, 3.8) is 0 Å². The van der Waals surface area contributed by atoms with Crippen LogP contribution in [0, 0.1) is 24.5 Å². The number of amides is 2. The highest BCUT2D eigenvalue weighted by Gasteiger charge is 2.30. The summed E-state index contributed by atoms with van der Waals surface area (Å²) in [4.78, 5) is 32.7. The molecule has 11 heteroatoms. The van der Waals surface area contributed by atoms with Gasteiger partial charge in [0.1, 0.15) is 11.6 Å². The van der Waals surface area contributed by atoms with Gasteiger partial charge in [-0.25, -0.2) is 8.78 Å². The quantitative estimate of drug-likeness (QED) is 0.170. The lowest BCUT2D eigenvalue weighted by Crippen LogP contribution is -2.26. The summed E-state index contributed by atoms with van der Waals surface area (Å²) >= 11 is 1.21. The number of nitrogens with zero attached hydrogens (tertiary/aromatic N) is 3. The average molecular weight is 642 g/mol. The van der Waals surface area contributed by atoms with E-state index in [2.05, 4.69) is 15.5 Å². The van der Waals surface area contributed by atoms with Crippen LogP contribution in [0.2, 0.25) is 0 Å². The highest BCUT2D eigenvalue weighted by atomic mass is 32.1. The molecular formula is C35H33F2N5O3S. The molecule has 0 bridgehead atoms. The van der Waals surface area contributed by atoms with Crippen molar-refractivity contribution < 1.29 is 22.8 Å². The van der Waals surface area contributed by atoms with E-state index in [-0.39, 0.29) is 41.0 Å². The van der Waals surface area contributed by atoms with E-state index in [0.717, 1.165) is 23.1 Å². The first kappa shape index (κ1) is 31.2. The standard InChI is InChI=1S/C35H33F2N5O3S/c1-18(2)16-27-30(33(38)43)32(28-14-15-29(46-28)34(44)40-25-13-8-21-7-11-23(37)17-24(21)25)31(35-42-41-19(3)45-35)26(39-27)12-6-20-4-9-22(36)10-5-20/h4-5,7,9-11,14-15,17-18,25H,6,8,12-13,16H2,1-3H3,(H2,38,43)(H,40,44)/t25-/m0/s1. The number of primary amides is 1. The second-order valence-corrected chi connectivity index (χ2v) is 13.0. The first-order valence-electron chi connectivity index (χ1n) is 15.2. The third kappa shape index (κ3) is 6.46. The van der Waals surface area contributed by atoms with Crippen molar-refractivity contribution in [2.75, 3.05) is 0 Å². The summed E-state index contributed by atoms with van der Waals surface area (Å²) in [6.07, 6.45) is 2.87. The van der Waals surface area contributed by atoms with Crippen LogP contribution in [0.3, 0.4) is 0 Å². The van der Waals surface area contributed by atoms with E-state index < -0.39 is 5.91 Å². The van der Waals surface area contributed by atoms with Gasteiger partial charge in [-0.2, -0.15) is 0 Å². The molecule has 1 atom stereocenters. The first-order chi connectivity index (χ1) is 22.1. The predicted molar refractivity (Wildman–Crippen MR) is 171 cm³/mol. The fourth-order valence-electron chi connectivity index (χ4n) is 6.00. The van der Waals surface area contributed by atoms with Gasteiger partial charge in [0.2, 0.25) is 11.8 Å². The Balaban J connectivity index is 1.45. The lowest BCUT2D eigenvalue weighted by atomic mass is 9.91. The van der Waals surface area contributed by atoms with Crippen LogP contribution in [0.25, 0.3) is 21.9 Å². The van der Waals surface area contributed by atoms with Crippen LogP contribution in [0.1, 0.15) is 80.3 Å². The van der Waals surface area contributed by atoms with Crippen molar-refractivity contribution in [2.45, 2.75) is 58.9 Å². The van der Waals surface area contributed by atoms with Crippen LogP contribution in [0.15, 0.2) is 59.0 Å². The number of benzene rings is 2. The number of hydrogen-bond acceptors (Lipinski definition) is 7. The molecule has 0 spiro atoms. The summed E-state index contributed by atoms with van der Waals surface area (Å²) in [5.74, 6) is -0.964. The number of pyridine rings is 1. The molecule has 6 rings (SSSR count). The first-order valence-corrected chi connectivity index (χ1v) is 16.0. The maximum atomic E-state index is 14.0. The number of aromatic nitrogens is 3. The molecule has 3 aromatic heterocycles. The van der Waals surface area contributed by atoms with E-state index in [4.69, 9.17) is 15.1 Å². The Bertz CT molecular complexity index is 1930. The van der Waals surface area contributed by atoms with Gasteiger partial charge in [-0.05, 0) is 91.1 Å². The number of halogens is 2. The minimum atomic E-state index is -0.662. The lowest BCUT2D eigenvalue weighted by molar-refractivity contribution is 0.0939. The molecule has 3 N–H and O–H groups in total. The number of aryl methyl sites for hydroxylation is 4. The van der Waals surface area contributed by atoms with Gasteiger partial charge in [-0.15, -0.1) is 21.5 Å². The zero-order valence-corrected chi connectivity index (χ0v) is 26.5. The zero-order valence-electron chi connectivity index (χ0n) is 25.7. The fourth-order valence-corrected chi connectivity index (χ4v) is 6.97. The smallest absolute Gasteiger partial charge is 0.261 e. The Hall–Kier alpha value is -4.77. The van der Waals surface area contributed by atoms with Crippen molar-refractivity contribution in [3.8, 4) is 21.9 Å². The van der Waals surface area contributed by atoms with Gasteiger partial charge in [0.05, 0.1) is 33.4 Å². The fraction of sp³-hybridized carbons (Fsp3) is 0.286. The van der Waals surface area contributed by atoms with Crippen LogP contribution < -0.4 is 11.1 Å². The molecule has 1 aliphatic rings. The molecular weight excluding hydrogens is 608 g/mol. The summed E-state index contributed by atoms with van der Waals surface area (Å²) in [5, 5.41) is 11.4. The highest BCUT2D eigenvalue weighted by Crippen LogP contribution is 2.42. The minimum absolute atomic E-state index is 0.156. The predicted octanol–water partition coefficient (Wildman–Crippen LogP) is 6.95. The number of fused-ring (bicyclic) bond motifs is 1. The van der Waals surface area contributed by atoms with E-state index >= 15 is 0 Å². The molecule has 0 saturated heterocycles. The molecule has 46 heavy (non-hydrogen) atoms. The van der Waals surface area contributed by atoms with Gasteiger partial charge in [0.25, 0.3) is 11.8 Å². The number of carbonyl (C=O) groups is 2. The Labute approximate surface area is 269 Å². The van der Waals surface area contributed by atoms with E-state index in [1.165, 1.54) is 35.6 Å². The number of carbonyl (C=O) groups excluding carboxylic acids is 2. The average Bonchev–Trinajstić information content (AvgIpc) is 3.76. The van der Waals surface area contributed by atoms with Gasteiger partial charge >= 0.3 is 0 Å². The van der Waals surface area contributed by atoms with Crippen LogP contribution >= 0.6 is 11.3 Å². The van der Waals surface area contributed by atoms with Crippen molar-refractivity contribution in [3.05, 3.63) is 111 Å². The Morgan fingerprint density at radius 2 is 1.76 bits per heavy atom. The lowest BCUT2D eigenvalue weighted by Gasteiger charge is -2.19. The summed E-state index contributed by atoms with van der Waals surface area (Å²) in [6, 6.07) is 14.1. The summed E-state index contributed by atoms with van der Waals surface area (Å²) in [6.45, 7) is 5.73. The maximum absolute atomic E-state index is 14.0. The summed E-state index contributed by atoms with van der Waals surface area (Å²) in [5.41, 5.74) is 11.1. The molecule has 0 aliphatic heterocycles. The normalized spacial score (nSPS) is 14.1. The van der Waals surface area contributed by atoms with Crippen LogP contribution in [-0.2, 0) is 25.7 Å². The SMILES string of the molecule is Cc1nnc(-c2c(CCc3ccc(F)cc3)nc(CC(C)C)c(C(N)=O)c2-c2ccc(C(=O)N[C@H]3CCc4ccc(F)cc43)s2)o1. The number of thiophene rings is 1. The maximum Gasteiger partial charge on any atom is 0.261 e. The van der Waals surface area contributed by atoms with Gasteiger partial charge in [0.15, 0.2) is 0 Å². The second-order valence-electron chi connectivity index (χ2n) is 11.9. The van der Waals surface area contributed by atoms with Crippen molar-refractivity contribution in [1.29, 1.82) is 0 Å².